The van der Waals surface area contributed by atoms with Gasteiger partial charge in [-0.05, 0) is 48.0 Å². The largest absolute Gasteiger partial charge is 0.489 e. The first-order valence-electron chi connectivity index (χ1n) is 9.55. The van der Waals surface area contributed by atoms with Gasteiger partial charge in [0.05, 0.1) is 12.2 Å². The topological polar surface area (TPSA) is 54.0 Å². The van der Waals surface area contributed by atoms with Gasteiger partial charge in [-0.15, -0.1) is 0 Å². The van der Waals surface area contributed by atoms with Crippen LogP contribution in [-0.4, -0.2) is 12.6 Å². The standard InChI is InChI=1S/C24H16ClFO5/c25-17-7-15(24-16(8-17)12-28-13-30-24)9-22-23(27)20-6-5-19(10-21(20)31-22)29-11-14-1-3-18(26)4-2-14/h1-10H,11-13H2/b22-9-. The van der Waals surface area contributed by atoms with Crippen LogP contribution in [0.1, 0.15) is 27.0 Å². The zero-order chi connectivity index (χ0) is 21.4. The van der Waals surface area contributed by atoms with Crippen molar-refractivity contribution in [1.29, 1.82) is 0 Å². The molecule has 2 aliphatic heterocycles. The smallest absolute Gasteiger partial charge is 0.231 e. The van der Waals surface area contributed by atoms with Crippen molar-refractivity contribution in [2.24, 2.45) is 0 Å². The normalized spacial score (nSPS) is 15.8. The molecule has 0 spiro atoms. The predicted molar refractivity (Wildman–Crippen MR) is 112 cm³/mol. The highest BCUT2D eigenvalue weighted by atomic mass is 35.5. The lowest BCUT2D eigenvalue weighted by molar-refractivity contribution is -0.0165. The molecule has 0 atom stereocenters. The molecule has 0 aliphatic carbocycles. The Hall–Kier alpha value is -3.35. The Morgan fingerprint density at radius 2 is 1.94 bits per heavy atom. The molecule has 2 heterocycles. The SMILES string of the molecule is O=C1/C(=C/c2cc(Cl)cc3c2OCOC3)Oc2cc(OCc3ccc(F)cc3)ccc21. The summed E-state index contributed by atoms with van der Waals surface area (Å²) in [4.78, 5) is 12.8. The molecule has 0 unspecified atom stereocenters. The van der Waals surface area contributed by atoms with Gasteiger partial charge in [-0.25, -0.2) is 4.39 Å². The molecule has 0 amide bonds. The van der Waals surface area contributed by atoms with Crippen molar-refractivity contribution in [2.45, 2.75) is 13.2 Å². The molecule has 2 aliphatic rings. The predicted octanol–water partition coefficient (Wildman–Crippen LogP) is 5.54. The van der Waals surface area contributed by atoms with Crippen molar-refractivity contribution in [3.8, 4) is 17.2 Å². The Labute approximate surface area is 182 Å². The van der Waals surface area contributed by atoms with Gasteiger partial charge in [0.15, 0.2) is 12.6 Å². The van der Waals surface area contributed by atoms with Crippen LogP contribution in [0.25, 0.3) is 6.08 Å². The van der Waals surface area contributed by atoms with Crippen molar-refractivity contribution in [2.75, 3.05) is 6.79 Å². The zero-order valence-electron chi connectivity index (χ0n) is 16.2. The van der Waals surface area contributed by atoms with Gasteiger partial charge in [0.2, 0.25) is 5.78 Å². The summed E-state index contributed by atoms with van der Waals surface area (Å²) in [6, 6.07) is 14.6. The van der Waals surface area contributed by atoms with Gasteiger partial charge >= 0.3 is 0 Å². The molecule has 0 fully saturated rings. The third kappa shape index (κ3) is 4.00. The summed E-state index contributed by atoms with van der Waals surface area (Å²) in [5.74, 6) is 1.21. The minimum absolute atomic E-state index is 0.134. The van der Waals surface area contributed by atoms with E-state index in [-0.39, 0.29) is 30.8 Å². The van der Waals surface area contributed by atoms with E-state index < -0.39 is 0 Å². The highest BCUT2D eigenvalue weighted by Crippen LogP contribution is 2.38. The van der Waals surface area contributed by atoms with Gasteiger partial charge in [0, 0.05) is 22.2 Å². The first kappa shape index (κ1) is 19.6. The lowest BCUT2D eigenvalue weighted by Crippen LogP contribution is -2.12. The maximum atomic E-state index is 13.0. The second kappa shape index (κ2) is 8.06. The van der Waals surface area contributed by atoms with E-state index >= 15 is 0 Å². The van der Waals surface area contributed by atoms with Crippen LogP contribution in [0.5, 0.6) is 17.2 Å². The highest BCUT2D eigenvalue weighted by molar-refractivity contribution is 6.31. The third-order valence-electron chi connectivity index (χ3n) is 4.95. The summed E-state index contributed by atoms with van der Waals surface area (Å²) in [7, 11) is 0. The Kier molecular flexibility index (Phi) is 5.10. The number of carbonyl (C=O) groups is 1. The van der Waals surface area contributed by atoms with Crippen LogP contribution in [0, 0.1) is 5.82 Å². The summed E-state index contributed by atoms with van der Waals surface area (Å²) in [6.07, 6.45) is 1.62. The van der Waals surface area contributed by atoms with Crippen LogP contribution in [0.3, 0.4) is 0 Å². The monoisotopic (exact) mass is 438 g/mol. The Bertz CT molecular complexity index is 1200. The second-order valence-corrected chi connectivity index (χ2v) is 7.54. The molecule has 0 N–H and O–H groups in total. The van der Waals surface area contributed by atoms with Crippen molar-refractivity contribution >= 4 is 23.5 Å². The van der Waals surface area contributed by atoms with Crippen LogP contribution < -0.4 is 14.2 Å². The number of carbonyl (C=O) groups excluding carboxylic acids is 1. The lowest BCUT2D eigenvalue weighted by Gasteiger charge is -2.20. The molecule has 3 aromatic rings. The minimum Gasteiger partial charge on any atom is -0.489 e. The van der Waals surface area contributed by atoms with E-state index in [9.17, 15) is 9.18 Å². The van der Waals surface area contributed by atoms with Gasteiger partial charge in [-0.2, -0.15) is 0 Å². The van der Waals surface area contributed by atoms with Crippen LogP contribution in [0.15, 0.2) is 60.4 Å². The first-order valence-corrected chi connectivity index (χ1v) is 9.93. The fraction of sp³-hybridized carbons (Fsp3) is 0.125. The van der Waals surface area contributed by atoms with E-state index in [4.69, 9.17) is 30.5 Å². The number of rotatable bonds is 4. The number of benzene rings is 3. The quantitative estimate of drug-likeness (QED) is 0.500. The van der Waals surface area contributed by atoms with Crippen LogP contribution in [0.4, 0.5) is 4.39 Å². The van der Waals surface area contributed by atoms with E-state index in [2.05, 4.69) is 0 Å². The van der Waals surface area contributed by atoms with Gasteiger partial charge in [0.1, 0.15) is 29.7 Å². The molecule has 0 radical (unpaired) electrons. The summed E-state index contributed by atoms with van der Waals surface area (Å²) in [5.41, 5.74) is 2.73. The van der Waals surface area contributed by atoms with Crippen LogP contribution in [-0.2, 0) is 18.0 Å². The summed E-state index contributed by atoms with van der Waals surface area (Å²) in [5, 5.41) is 0.513. The molecular formula is C24H16ClFO5. The number of ether oxygens (including phenoxy) is 4. The molecule has 156 valence electrons. The van der Waals surface area contributed by atoms with Crippen LogP contribution >= 0.6 is 11.6 Å². The number of fused-ring (bicyclic) bond motifs is 2. The number of hydrogen-bond donors (Lipinski definition) is 0. The van der Waals surface area contributed by atoms with Gasteiger partial charge < -0.3 is 18.9 Å². The first-order chi connectivity index (χ1) is 15.1. The van der Waals surface area contributed by atoms with E-state index in [0.29, 0.717) is 40.0 Å². The Morgan fingerprint density at radius 3 is 2.77 bits per heavy atom. The van der Waals surface area contributed by atoms with Gasteiger partial charge in [-0.1, -0.05) is 23.7 Å². The molecule has 5 rings (SSSR count). The van der Waals surface area contributed by atoms with Crippen molar-refractivity contribution in [1.82, 2.24) is 0 Å². The molecule has 0 saturated carbocycles. The van der Waals surface area contributed by atoms with Crippen LogP contribution in [0.2, 0.25) is 5.02 Å². The maximum Gasteiger partial charge on any atom is 0.231 e. The number of ketones is 1. The summed E-state index contributed by atoms with van der Waals surface area (Å²) >= 11 is 6.20. The average Bonchev–Trinajstić information content (AvgIpc) is 3.08. The fourth-order valence-electron chi connectivity index (χ4n) is 3.46. The summed E-state index contributed by atoms with van der Waals surface area (Å²) in [6.45, 7) is 0.786. The lowest BCUT2D eigenvalue weighted by atomic mass is 10.1. The molecule has 0 bridgehead atoms. The van der Waals surface area contributed by atoms with E-state index in [0.717, 1.165) is 11.1 Å². The van der Waals surface area contributed by atoms with E-state index in [1.54, 1.807) is 48.5 Å². The van der Waals surface area contributed by atoms with Gasteiger partial charge in [-0.3, -0.25) is 4.79 Å². The molecular weight excluding hydrogens is 423 g/mol. The fourth-order valence-corrected chi connectivity index (χ4v) is 3.71. The Balaban J connectivity index is 1.38. The minimum atomic E-state index is -0.300. The third-order valence-corrected chi connectivity index (χ3v) is 5.17. The average molecular weight is 439 g/mol. The second-order valence-electron chi connectivity index (χ2n) is 7.11. The molecule has 0 saturated heterocycles. The van der Waals surface area contributed by atoms with Gasteiger partial charge in [0.25, 0.3) is 0 Å². The maximum absolute atomic E-state index is 13.0. The number of halogens is 2. The van der Waals surface area contributed by atoms with Crippen molar-refractivity contribution in [3.05, 3.63) is 93.5 Å². The molecule has 0 aromatic heterocycles. The Morgan fingerprint density at radius 1 is 1.10 bits per heavy atom. The number of allylic oxidation sites excluding steroid dienone is 1. The van der Waals surface area contributed by atoms with E-state index in [1.165, 1.54) is 12.1 Å². The zero-order valence-corrected chi connectivity index (χ0v) is 16.9. The van der Waals surface area contributed by atoms with Crippen molar-refractivity contribution < 1.29 is 28.1 Å². The highest BCUT2D eigenvalue weighted by Gasteiger charge is 2.28. The van der Waals surface area contributed by atoms with Crippen molar-refractivity contribution in [3.63, 3.8) is 0 Å². The molecule has 3 aromatic carbocycles. The van der Waals surface area contributed by atoms with E-state index in [1.807, 2.05) is 0 Å². The number of hydrogen-bond acceptors (Lipinski definition) is 5. The molecule has 7 heteroatoms. The molecule has 5 nitrogen and oxygen atoms in total. The summed E-state index contributed by atoms with van der Waals surface area (Å²) < 4.78 is 35.5. The molecule has 31 heavy (non-hydrogen) atoms. The number of Topliss-reactive ketones (excluding diaryl/α,β-unsaturated/α-hetero) is 1.